The third kappa shape index (κ3) is 4.98. The minimum atomic E-state index is -0.271. The SMILES string of the molecule is CO[C@H]1CC[C@](OC)(c2cccc(OCc3ccc(N(C)C(C)=O)cc3)c2)CC1. The average molecular weight is 398 g/mol. The maximum absolute atomic E-state index is 11.5. The molecule has 0 radical (unpaired) electrons. The van der Waals surface area contributed by atoms with Crippen LogP contribution in [0.15, 0.2) is 48.5 Å². The minimum absolute atomic E-state index is 0.0115. The van der Waals surface area contributed by atoms with Crippen molar-refractivity contribution in [2.24, 2.45) is 0 Å². The van der Waals surface area contributed by atoms with Crippen LogP contribution >= 0.6 is 0 Å². The number of anilines is 1. The summed E-state index contributed by atoms with van der Waals surface area (Å²) in [5.41, 5.74) is 2.81. The quantitative estimate of drug-likeness (QED) is 0.681. The first-order valence-electron chi connectivity index (χ1n) is 10.1. The van der Waals surface area contributed by atoms with Crippen molar-refractivity contribution in [3.05, 3.63) is 59.7 Å². The van der Waals surface area contributed by atoms with Crippen LogP contribution in [0.5, 0.6) is 5.75 Å². The monoisotopic (exact) mass is 397 g/mol. The molecular weight excluding hydrogens is 366 g/mol. The fourth-order valence-corrected chi connectivity index (χ4v) is 3.94. The molecule has 1 aliphatic carbocycles. The molecule has 1 saturated carbocycles. The summed E-state index contributed by atoms with van der Waals surface area (Å²) in [7, 11) is 5.34. The molecule has 2 aromatic rings. The molecule has 0 heterocycles. The first-order chi connectivity index (χ1) is 14.0. The number of carbonyl (C=O) groups excluding carboxylic acids is 1. The van der Waals surface area contributed by atoms with Gasteiger partial charge in [0.1, 0.15) is 12.4 Å². The molecule has 0 aromatic heterocycles. The molecule has 2 aromatic carbocycles. The topological polar surface area (TPSA) is 48.0 Å². The van der Waals surface area contributed by atoms with Gasteiger partial charge >= 0.3 is 0 Å². The third-order valence-electron chi connectivity index (χ3n) is 6.03. The van der Waals surface area contributed by atoms with E-state index < -0.39 is 0 Å². The van der Waals surface area contributed by atoms with Gasteiger partial charge in [-0.2, -0.15) is 0 Å². The summed E-state index contributed by atoms with van der Waals surface area (Å²) in [4.78, 5) is 13.1. The van der Waals surface area contributed by atoms with E-state index in [4.69, 9.17) is 14.2 Å². The highest BCUT2D eigenvalue weighted by atomic mass is 16.5. The van der Waals surface area contributed by atoms with Gasteiger partial charge < -0.3 is 19.1 Å². The van der Waals surface area contributed by atoms with Crippen LogP contribution in [0.4, 0.5) is 5.69 Å². The normalized spacial score (nSPS) is 21.6. The number of benzene rings is 2. The lowest BCUT2D eigenvalue weighted by Gasteiger charge is -2.39. The Labute approximate surface area is 173 Å². The molecule has 1 fully saturated rings. The largest absolute Gasteiger partial charge is 0.489 e. The van der Waals surface area contributed by atoms with Gasteiger partial charge in [0.05, 0.1) is 11.7 Å². The van der Waals surface area contributed by atoms with Gasteiger partial charge in [0.25, 0.3) is 0 Å². The van der Waals surface area contributed by atoms with Gasteiger partial charge in [-0.3, -0.25) is 4.79 Å². The van der Waals surface area contributed by atoms with Crippen molar-refractivity contribution in [1.29, 1.82) is 0 Å². The molecule has 1 aliphatic rings. The number of carbonyl (C=O) groups is 1. The zero-order chi connectivity index (χ0) is 20.9. The van der Waals surface area contributed by atoms with Crippen LogP contribution in [-0.4, -0.2) is 33.3 Å². The first-order valence-corrected chi connectivity index (χ1v) is 10.1. The van der Waals surface area contributed by atoms with Crippen LogP contribution < -0.4 is 9.64 Å². The predicted molar refractivity (Wildman–Crippen MR) is 114 cm³/mol. The Hall–Kier alpha value is -2.37. The summed E-state index contributed by atoms with van der Waals surface area (Å²) in [6, 6.07) is 16.1. The molecule has 5 nitrogen and oxygen atoms in total. The van der Waals surface area contributed by atoms with Crippen molar-refractivity contribution in [3.8, 4) is 5.75 Å². The van der Waals surface area contributed by atoms with Crippen LogP contribution in [0.25, 0.3) is 0 Å². The molecule has 0 bridgehead atoms. The van der Waals surface area contributed by atoms with Crippen LogP contribution in [0.3, 0.4) is 0 Å². The number of methoxy groups -OCH3 is 2. The lowest BCUT2D eigenvalue weighted by molar-refractivity contribution is -0.116. The number of hydrogen-bond acceptors (Lipinski definition) is 4. The van der Waals surface area contributed by atoms with Crippen molar-refractivity contribution in [3.63, 3.8) is 0 Å². The van der Waals surface area contributed by atoms with Crippen molar-refractivity contribution in [2.45, 2.75) is 50.9 Å². The number of rotatable bonds is 7. The Bertz CT molecular complexity index is 810. The van der Waals surface area contributed by atoms with E-state index in [1.54, 1.807) is 33.1 Å². The summed E-state index contributed by atoms with van der Waals surface area (Å²) in [5.74, 6) is 0.843. The predicted octanol–water partition coefficient (Wildman–Crippen LogP) is 4.68. The second-order valence-electron chi connectivity index (χ2n) is 7.69. The molecule has 156 valence electrons. The average Bonchev–Trinajstić information content (AvgIpc) is 2.77. The number of hydrogen-bond donors (Lipinski definition) is 0. The lowest BCUT2D eigenvalue weighted by Crippen LogP contribution is -2.35. The second-order valence-corrected chi connectivity index (χ2v) is 7.69. The summed E-state index contributed by atoms with van der Waals surface area (Å²) >= 11 is 0. The fourth-order valence-electron chi connectivity index (χ4n) is 3.94. The van der Waals surface area contributed by atoms with E-state index >= 15 is 0 Å². The summed E-state index contributed by atoms with van der Waals surface area (Å²) in [6.07, 6.45) is 4.20. The third-order valence-corrected chi connectivity index (χ3v) is 6.03. The molecule has 5 heteroatoms. The molecule has 0 unspecified atom stereocenters. The molecule has 0 atom stereocenters. The molecule has 0 N–H and O–H groups in total. The van der Waals surface area contributed by atoms with E-state index in [2.05, 4.69) is 12.1 Å². The highest BCUT2D eigenvalue weighted by Gasteiger charge is 2.37. The van der Waals surface area contributed by atoms with E-state index in [-0.39, 0.29) is 11.5 Å². The van der Waals surface area contributed by atoms with Gasteiger partial charge in [0.2, 0.25) is 5.91 Å². The minimum Gasteiger partial charge on any atom is -0.489 e. The van der Waals surface area contributed by atoms with Gasteiger partial charge in [-0.1, -0.05) is 24.3 Å². The number of ether oxygens (including phenoxy) is 3. The number of nitrogens with zero attached hydrogens (tertiary/aromatic N) is 1. The Morgan fingerprint density at radius 3 is 2.38 bits per heavy atom. The first kappa shape index (κ1) is 21.3. The van der Waals surface area contributed by atoms with Crippen molar-refractivity contribution < 1.29 is 19.0 Å². The van der Waals surface area contributed by atoms with Crippen molar-refractivity contribution in [2.75, 3.05) is 26.2 Å². The van der Waals surface area contributed by atoms with Gasteiger partial charge in [-0.25, -0.2) is 0 Å². The van der Waals surface area contributed by atoms with Crippen molar-refractivity contribution in [1.82, 2.24) is 0 Å². The highest BCUT2D eigenvalue weighted by Crippen LogP contribution is 2.41. The van der Waals surface area contributed by atoms with E-state index in [0.29, 0.717) is 12.7 Å². The van der Waals surface area contributed by atoms with Crippen LogP contribution in [0.1, 0.15) is 43.7 Å². The standard InChI is InChI=1S/C24H31NO4/c1-18(26)25(2)21-10-8-19(9-11-21)17-29-23-7-5-6-20(16-23)24(28-4)14-12-22(27-3)13-15-24/h5-11,16,22H,12-15,17H2,1-4H3/t22-,24+. The fraction of sp³-hybridized carbons (Fsp3) is 0.458. The zero-order valence-electron chi connectivity index (χ0n) is 17.8. The summed E-state index contributed by atoms with van der Waals surface area (Å²) in [6.45, 7) is 2.03. The van der Waals surface area contributed by atoms with Crippen LogP contribution in [-0.2, 0) is 26.5 Å². The molecular formula is C24H31NO4. The molecule has 0 saturated heterocycles. The molecule has 0 spiro atoms. The van der Waals surface area contributed by atoms with Gasteiger partial charge in [-0.15, -0.1) is 0 Å². The molecule has 1 amide bonds. The smallest absolute Gasteiger partial charge is 0.223 e. The van der Waals surface area contributed by atoms with Crippen molar-refractivity contribution >= 4 is 11.6 Å². The van der Waals surface area contributed by atoms with E-state index in [0.717, 1.165) is 48.2 Å². The van der Waals surface area contributed by atoms with E-state index in [9.17, 15) is 4.79 Å². The zero-order valence-corrected chi connectivity index (χ0v) is 17.8. The van der Waals surface area contributed by atoms with Gasteiger partial charge in [0.15, 0.2) is 0 Å². The summed E-state index contributed by atoms with van der Waals surface area (Å²) < 4.78 is 17.5. The maximum Gasteiger partial charge on any atom is 0.223 e. The second kappa shape index (κ2) is 9.42. The van der Waals surface area contributed by atoms with E-state index in [1.165, 1.54) is 0 Å². The molecule has 0 aliphatic heterocycles. The Kier molecular flexibility index (Phi) is 6.93. The van der Waals surface area contributed by atoms with Crippen LogP contribution in [0, 0.1) is 0 Å². The van der Waals surface area contributed by atoms with E-state index in [1.807, 2.05) is 36.4 Å². The Morgan fingerprint density at radius 2 is 1.79 bits per heavy atom. The molecule has 29 heavy (non-hydrogen) atoms. The summed E-state index contributed by atoms with van der Waals surface area (Å²) in [5, 5.41) is 0. The maximum atomic E-state index is 11.5. The van der Waals surface area contributed by atoms with Gasteiger partial charge in [-0.05, 0) is 61.1 Å². The Morgan fingerprint density at radius 1 is 1.10 bits per heavy atom. The highest BCUT2D eigenvalue weighted by molar-refractivity contribution is 5.90. The number of amides is 1. The van der Waals surface area contributed by atoms with Crippen LogP contribution in [0.2, 0.25) is 0 Å². The lowest BCUT2D eigenvalue weighted by atomic mass is 9.78. The van der Waals surface area contributed by atoms with Gasteiger partial charge in [0, 0.05) is 33.9 Å². The Balaban J connectivity index is 1.66. The molecule has 3 rings (SSSR count).